The van der Waals surface area contributed by atoms with E-state index in [0.29, 0.717) is 50.9 Å². The third-order valence-electron chi connectivity index (χ3n) is 7.15. The molecule has 0 spiro atoms. The van der Waals surface area contributed by atoms with Crippen LogP contribution in [0.15, 0.2) is 82.6 Å². The van der Waals surface area contributed by atoms with Crippen LogP contribution in [0.1, 0.15) is 16.7 Å². The molecule has 40 heavy (non-hydrogen) atoms. The number of carbonyl (C=O) groups excluding carboxylic acids is 1. The van der Waals surface area contributed by atoms with Crippen molar-refractivity contribution in [1.29, 1.82) is 0 Å². The van der Waals surface area contributed by atoms with Gasteiger partial charge in [-0.25, -0.2) is 4.98 Å². The molecule has 0 radical (unpaired) electrons. The van der Waals surface area contributed by atoms with E-state index in [1.54, 1.807) is 21.6 Å². The van der Waals surface area contributed by atoms with Crippen molar-refractivity contribution in [2.24, 2.45) is 0 Å². The van der Waals surface area contributed by atoms with Crippen LogP contribution in [0, 0.1) is 6.92 Å². The topological polar surface area (TPSA) is 61.2 Å². The van der Waals surface area contributed by atoms with Gasteiger partial charge in [0.15, 0.2) is 0 Å². The van der Waals surface area contributed by atoms with Gasteiger partial charge in [-0.3, -0.25) is 18.9 Å². The van der Waals surface area contributed by atoms with Gasteiger partial charge >= 0.3 is 0 Å². The average Bonchev–Trinajstić information content (AvgIpc) is 3.23. The van der Waals surface area contributed by atoms with E-state index in [0.717, 1.165) is 29.9 Å². The van der Waals surface area contributed by atoms with E-state index in [4.69, 9.17) is 28.8 Å². The van der Waals surface area contributed by atoms with E-state index in [-0.39, 0.29) is 11.5 Å². The fraction of sp³-hybridized carbons (Fsp3) is 0.200. The number of piperazine rings is 1. The summed E-state index contributed by atoms with van der Waals surface area (Å²) in [4.78, 5) is 38.7. The summed E-state index contributed by atoms with van der Waals surface area (Å²) in [7, 11) is 0. The van der Waals surface area contributed by atoms with Crippen LogP contribution >= 0.6 is 35.6 Å². The Kier molecular flexibility index (Phi) is 7.35. The smallest absolute Gasteiger partial charge is 0.267 e. The molecule has 0 N–H and O–H groups in total. The van der Waals surface area contributed by atoms with E-state index in [1.165, 1.54) is 11.8 Å². The molecule has 6 rings (SSSR count). The predicted molar refractivity (Wildman–Crippen MR) is 167 cm³/mol. The number of rotatable bonds is 5. The second-order valence-corrected chi connectivity index (χ2v) is 11.9. The number of aryl methyl sites for hydroxylation is 1. The van der Waals surface area contributed by atoms with Gasteiger partial charge in [-0.2, -0.15) is 0 Å². The second kappa shape index (κ2) is 11.1. The Morgan fingerprint density at radius 3 is 2.48 bits per heavy atom. The second-order valence-electron chi connectivity index (χ2n) is 9.75. The largest absolute Gasteiger partial charge is 0.368 e. The summed E-state index contributed by atoms with van der Waals surface area (Å²) < 4.78 is 2.03. The molecule has 2 aromatic carbocycles. The highest BCUT2D eigenvalue weighted by atomic mass is 35.5. The van der Waals surface area contributed by atoms with Gasteiger partial charge in [-0.05, 0) is 48.4 Å². The average molecular weight is 588 g/mol. The zero-order valence-corrected chi connectivity index (χ0v) is 24.2. The fourth-order valence-electron chi connectivity index (χ4n) is 5.05. The number of pyridine rings is 1. The van der Waals surface area contributed by atoms with Crippen molar-refractivity contribution >= 4 is 69.0 Å². The molecular weight excluding hydrogens is 562 g/mol. The third-order valence-corrected chi connectivity index (χ3v) is 8.76. The fourth-order valence-corrected chi connectivity index (χ4v) is 6.47. The van der Waals surface area contributed by atoms with Crippen LogP contribution in [0.2, 0.25) is 5.02 Å². The van der Waals surface area contributed by atoms with Gasteiger partial charge in [0, 0.05) is 43.1 Å². The summed E-state index contributed by atoms with van der Waals surface area (Å²) in [5.41, 5.74) is 3.74. The normalized spacial score (nSPS) is 16.9. The van der Waals surface area contributed by atoms with E-state index in [9.17, 15) is 9.59 Å². The number of carbonyl (C=O) groups is 1. The van der Waals surface area contributed by atoms with Gasteiger partial charge in [0.2, 0.25) is 0 Å². The van der Waals surface area contributed by atoms with E-state index in [2.05, 4.69) is 15.9 Å². The minimum atomic E-state index is -0.214. The molecule has 2 saturated heterocycles. The standard InChI is InChI=1S/C30H26ClN5O2S2/c1-20-7-6-12-35-26(20)32-27(34-15-13-33(14-16-34)23-11-5-10-22(31)17-23)24(28(35)37)18-25-29(38)36(30(39)40-25)19-21-8-3-2-4-9-21/h2-12,17-18H,13-16,19H2,1H3. The van der Waals surface area contributed by atoms with Crippen LogP contribution in [-0.4, -0.2) is 50.7 Å². The van der Waals surface area contributed by atoms with Crippen LogP contribution in [-0.2, 0) is 11.3 Å². The maximum Gasteiger partial charge on any atom is 0.267 e. The number of halogens is 1. The van der Waals surface area contributed by atoms with Crippen LogP contribution in [0.25, 0.3) is 11.7 Å². The van der Waals surface area contributed by atoms with Crippen LogP contribution in [0.5, 0.6) is 0 Å². The first-order valence-corrected chi connectivity index (χ1v) is 14.6. The monoisotopic (exact) mass is 587 g/mol. The number of fused-ring (bicyclic) bond motifs is 1. The molecule has 2 aromatic heterocycles. The molecule has 202 valence electrons. The Hall–Kier alpha value is -3.66. The van der Waals surface area contributed by atoms with E-state index < -0.39 is 0 Å². The zero-order chi connectivity index (χ0) is 27.8. The number of thiocarbonyl (C=S) groups is 1. The highest BCUT2D eigenvalue weighted by Crippen LogP contribution is 2.35. The molecule has 4 heterocycles. The zero-order valence-electron chi connectivity index (χ0n) is 21.8. The van der Waals surface area contributed by atoms with Gasteiger partial charge in [0.1, 0.15) is 15.8 Å². The minimum Gasteiger partial charge on any atom is -0.368 e. The van der Waals surface area contributed by atoms with Crippen LogP contribution < -0.4 is 15.4 Å². The van der Waals surface area contributed by atoms with Gasteiger partial charge in [0.25, 0.3) is 11.5 Å². The number of benzene rings is 2. The molecule has 0 aliphatic carbocycles. The Labute approximate surface area is 246 Å². The van der Waals surface area contributed by atoms with E-state index >= 15 is 0 Å². The number of anilines is 2. The van der Waals surface area contributed by atoms with Crippen molar-refractivity contribution in [2.45, 2.75) is 13.5 Å². The van der Waals surface area contributed by atoms with Crippen LogP contribution in [0.3, 0.4) is 0 Å². The Morgan fingerprint density at radius 2 is 1.73 bits per heavy atom. The molecule has 0 bridgehead atoms. The summed E-state index contributed by atoms with van der Waals surface area (Å²) in [6.07, 6.45) is 3.39. The van der Waals surface area contributed by atoms with Gasteiger partial charge < -0.3 is 9.80 Å². The van der Waals surface area contributed by atoms with Gasteiger partial charge in [-0.1, -0.05) is 78.0 Å². The molecule has 4 aromatic rings. The SMILES string of the molecule is Cc1cccn2c(=O)c(C=C3SC(=S)N(Cc4ccccc4)C3=O)c(N3CCN(c4cccc(Cl)c4)CC3)nc12. The summed E-state index contributed by atoms with van der Waals surface area (Å²) in [5.74, 6) is 0.377. The quantitative estimate of drug-likeness (QED) is 0.229. The number of thioether (sulfide) groups is 1. The molecule has 0 unspecified atom stereocenters. The van der Waals surface area contributed by atoms with E-state index in [1.807, 2.05) is 67.6 Å². The molecule has 2 aliphatic heterocycles. The Bertz CT molecular complexity index is 1710. The highest BCUT2D eigenvalue weighted by molar-refractivity contribution is 8.26. The third kappa shape index (κ3) is 5.12. The molecule has 2 fully saturated rings. The molecule has 7 nitrogen and oxygen atoms in total. The van der Waals surface area contributed by atoms with Crippen molar-refractivity contribution < 1.29 is 4.79 Å². The summed E-state index contributed by atoms with van der Waals surface area (Å²) in [5, 5.41) is 0.700. The maximum atomic E-state index is 13.9. The van der Waals surface area contributed by atoms with Gasteiger partial charge in [-0.15, -0.1) is 0 Å². The molecular formula is C30H26ClN5O2S2. The molecule has 0 atom stereocenters. The number of nitrogens with zero attached hydrogens (tertiary/aromatic N) is 5. The number of hydrogen-bond acceptors (Lipinski definition) is 7. The lowest BCUT2D eigenvalue weighted by molar-refractivity contribution is -0.122. The minimum absolute atomic E-state index is 0.204. The first-order chi connectivity index (χ1) is 19.4. The first-order valence-electron chi connectivity index (χ1n) is 13.0. The van der Waals surface area contributed by atoms with Crippen LogP contribution in [0.4, 0.5) is 11.5 Å². The van der Waals surface area contributed by atoms with Crippen molar-refractivity contribution in [1.82, 2.24) is 14.3 Å². The summed E-state index contributed by atoms with van der Waals surface area (Å²) in [6.45, 7) is 5.14. The summed E-state index contributed by atoms with van der Waals surface area (Å²) in [6, 6.07) is 21.3. The highest BCUT2D eigenvalue weighted by Gasteiger charge is 2.33. The first kappa shape index (κ1) is 26.6. The lowest BCUT2D eigenvalue weighted by atomic mass is 10.2. The van der Waals surface area contributed by atoms with Crippen molar-refractivity contribution in [3.8, 4) is 0 Å². The lowest BCUT2D eigenvalue weighted by Crippen LogP contribution is -2.47. The number of aromatic nitrogens is 2. The summed E-state index contributed by atoms with van der Waals surface area (Å²) >= 11 is 13.0. The lowest BCUT2D eigenvalue weighted by Gasteiger charge is -2.37. The van der Waals surface area contributed by atoms with Crippen molar-refractivity contribution in [3.05, 3.63) is 110 Å². The predicted octanol–water partition coefficient (Wildman–Crippen LogP) is 5.38. The number of hydrogen-bond donors (Lipinski definition) is 0. The van der Waals surface area contributed by atoms with Gasteiger partial charge in [0.05, 0.1) is 17.0 Å². The molecule has 2 aliphatic rings. The Balaban J connectivity index is 1.36. The number of amides is 1. The van der Waals surface area contributed by atoms with Crippen molar-refractivity contribution in [3.63, 3.8) is 0 Å². The van der Waals surface area contributed by atoms with Crippen molar-refractivity contribution in [2.75, 3.05) is 36.0 Å². The maximum absolute atomic E-state index is 13.9. The Morgan fingerprint density at radius 1 is 0.975 bits per heavy atom. The molecule has 0 saturated carbocycles. The molecule has 1 amide bonds. The molecule has 10 heteroatoms.